The Morgan fingerprint density at radius 2 is 1.80 bits per heavy atom. The lowest BCUT2D eigenvalue weighted by Gasteiger charge is -1.96. The van der Waals surface area contributed by atoms with Crippen LogP contribution in [0.15, 0.2) is 42.6 Å². The molecule has 1 aromatic heterocycles. The van der Waals surface area contributed by atoms with E-state index in [1.807, 2.05) is 19.2 Å². The van der Waals surface area contributed by atoms with Gasteiger partial charge in [-0.05, 0) is 30.3 Å². The zero-order valence-corrected chi connectivity index (χ0v) is 10.7. The van der Waals surface area contributed by atoms with Crippen LogP contribution in [-0.4, -0.2) is 9.78 Å². The highest BCUT2D eigenvalue weighted by atomic mass is 19.1. The average molecular weight is 268 g/mol. The SMILES string of the molecule is Cn1ncc2cc(C#Cc3c(F)cccc3F)ccc21. The molecular formula is C16H10F2N2. The summed E-state index contributed by atoms with van der Waals surface area (Å²) in [6.45, 7) is 0. The van der Waals surface area contributed by atoms with Gasteiger partial charge in [0.25, 0.3) is 0 Å². The van der Waals surface area contributed by atoms with Crippen LogP contribution in [0, 0.1) is 23.5 Å². The van der Waals surface area contributed by atoms with E-state index in [0.29, 0.717) is 5.56 Å². The lowest BCUT2D eigenvalue weighted by molar-refractivity contribution is 0.577. The van der Waals surface area contributed by atoms with E-state index in [1.54, 1.807) is 16.9 Å². The highest BCUT2D eigenvalue weighted by Crippen LogP contribution is 2.15. The zero-order valence-electron chi connectivity index (χ0n) is 10.7. The Morgan fingerprint density at radius 3 is 2.55 bits per heavy atom. The van der Waals surface area contributed by atoms with Crippen LogP contribution < -0.4 is 0 Å². The number of benzene rings is 2. The third-order valence-corrected chi connectivity index (χ3v) is 3.04. The molecule has 0 saturated carbocycles. The van der Waals surface area contributed by atoms with E-state index in [9.17, 15) is 8.78 Å². The minimum absolute atomic E-state index is 0.209. The van der Waals surface area contributed by atoms with E-state index in [4.69, 9.17) is 0 Å². The zero-order chi connectivity index (χ0) is 14.1. The second-order valence-electron chi connectivity index (χ2n) is 4.39. The molecule has 1 heterocycles. The summed E-state index contributed by atoms with van der Waals surface area (Å²) in [4.78, 5) is 0. The number of nitrogens with zero attached hydrogens (tertiary/aromatic N) is 2. The van der Waals surface area contributed by atoms with Crippen molar-refractivity contribution in [3.8, 4) is 11.8 Å². The van der Waals surface area contributed by atoms with Crippen LogP contribution in [-0.2, 0) is 7.05 Å². The number of aryl methyl sites for hydroxylation is 1. The van der Waals surface area contributed by atoms with E-state index >= 15 is 0 Å². The Bertz CT molecular complexity index is 834. The van der Waals surface area contributed by atoms with Crippen molar-refractivity contribution in [3.63, 3.8) is 0 Å². The highest BCUT2D eigenvalue weighted by Gasteiger charge is 2.04. The van der Waals surface area contributed by atoms with Crippen molar-refractivity contribution in [2.24, 2.45) is 7.05 Å². The van der Waals surface area contributed by atoms with Crippen molar-refractivity contribution in [1.82, 2.24) is 9.78 Å². The maximum Gasteiger partial charge on any atom is 0.141 e. The topological polar surface area (TPSA) is 17.8 Å². The summed E-state index contributed by atoms with van der Waals surface area (Å²) in [7, 11) is 1.85. The molecule has 3 rings (SSSR count). The number of rotatable bonds is 0. The second kappa shape index (κ2) is 4.78. The number of halogens is 2. The van der Waals surface area contributed by atoms with E-state index in [2.05, 4.69) is 16.9 Å². The van der Waals surface area contributed by atoms with Crippen molar-refractivity contribution in [2.45, 2.75) is 0 Å². The molecule has 2 aromatic carbocycles. The number of aromatic nitrogens is 2. The molecule has 0 saturated heterocycles. The molecule has 98 valence electrons. The van der Waals surface area contributed by atoms with Gasteiger partial charge in [-0.25, -0.2) is 8.78 Å². The summed E-state index contributed by atoms with van der Waals surface area (Å²) in [5, 5.41) is 5.07. The van der Waals surface area contributed by atoms with Gasteiger partial charge in [0, 0.05) is 18.0 Å². The maximum absolute atomic E-state index is 13.5. The molecule has 0 amide bonds. The van der Waals surface area contributed by atoms with Crippen LogP contribution in [0.2, 0.25) is 0 Å². The minimum Gasteiger partial charge on any atom is -0.268 e. The Labute approximate surface area is 114 Å². The first-order valence-electron chi connectivity index (χ1n) is 6.03. The molecule has 0 fully saturated rings. The number of fused-ring (bicyclic) bond motifs is 1. The number of hydrogen-bond donors (Lipinski definition) is 0. The van der Waals surface area contributed by atoms with Gasteiger partial charge in [-0.2, -0.15) is 5.10 Å². The van der Waals surface area contributed by atoms with Crippen LogP contribution in [0.1, 0.15) is 11.1 Å². The van der Waals surface area contributed by atoms with Gasteiger partial charge in [0.1, 0.15) is 11.6 Å². The summed E-state index contributed by atoms with van der Waals surface area (Å²) in [6.07, 6.45) is 1.73. The lowest BCUT2D eigenvalue weighted by atomic mass is 10.1. The molecule has 2 nitrogen and oxygen atoms in total. The van der Waals surface area contributed by atoms with Crippen LogP contribution in [0.4, 0.5) is 8.78 Å². The first-order chi connectivity index (χ1) is 9.65. The third kappa shape index (κ3) is 2.14. The molecule has 0 aliphatic rings. The molecule has 0 N–H and O–H groups in total. The summed E-state index contributed by atoms with van der Waals surface area (Å²) < 4.78 is 28.7. The predicted octanol–water partition coefficient (Wildman–Crippen LogP) is 3.25. The van der Waals surface area contributed by atoms with Gasteiger partial charge in [0.2, 0.25) is 0 Å². The quantitative estimate of drug-likeness (QED) is 0.572. The van der Waals surface area contributed by atoms with Gasteiger partial charge < -0.3 is 0 Å². The van der Waals surface area contributed by atoms with Crippen molar-refractivity contribution >= 4 is 10.9 Å². The van der Waals surface area contributed by atoms with E-state index < -0.39 is 11.6 Å². The lowest BCUT2D eigenvalue weighted by Crippen LogP contribution is -1.89. The van der Waals surface area contributed by atoms with E-state index in [-0.39, 0.29) is 5.56 Å². The van der Waals surface area contributed by atoms with E-state index in [1.165, 1.54) is 18.2 Å². The first kappa shape index (κ1) is 12.4. The maximum atomic E-state index is 13.5. The second-order valence-corrected chi connectivity index (χ2v) is 4.39. The van der Waals surface area contributed by atoms with E-state index in [0.717, 1.165) is 10.9 Å². The molecule has 0 radical (unpaired) electrons. The summed E-state index contributed by atoms with van der Waals surface area (Å²) >= 11 is 0. The van der Waals surface area contributed by atoms with Crippen LogP contribution in [0.3, 0.4) is 0 Å². The molecule has 0 atom stereocenters. The standard InChI is InChI=1S/C16H10F2N2/c1-20-16-8-6-11(9-12(16)10-19-20)5-7-13-14(17)3-2-4-15(13)18/h2-4,6,8-10H,1H3. The molecule has 0 aliphatic heterocycles. The normalized spacial score (nSPS) is 10.3. The van der Waals surface area contributed by atoms with Gasteiger partial charge in [-0.15, -0.1) is 0 Å². The molecule has 0 bridgehead atoms. The van der Waals surface area contributed by atoms with Crippen molar-refractivity contribution in [1.29, 1.82) is 0 Å². The average Bonchev–Trinajstić information content (AvgIpc) is 2.79. The fraction of sp³-hybridized carbons (Fsp3) is 0.0625. The molecule has 4 heteroatoms. The van der Waals surface area contributed by atoms with Crippen LogP contribution >= 0.6 is 0 Å². The fourth-order valence-corrected chi connectivity index (χ4v) is 1.99. The summed E-state index contributed by atoms with van der Waals surface area (Å²) in [6, 6.07) is 9.22. The number of hydrogen-bond acceptors (Lipinski definition) is 1. The molecule has 20 heavy (non-hydrogen) atoms. The van der Waals surface area contributed by atoms with Crippen molar-refractivity contribution in [2.75, 3.05) is 0 Å². The Hall–Kier alpha value is -2.67. The summed E-state index contributed by atoms with van der Waals surface area (Å²) in [5.41, 5.74) is 1.46. The predicted molar refractivity (Wildman–Crippen MR) is 73.1 cm³/mol. The van der Waals surface area contributed by atoms with Gasteiger partial charge in [0.05, 0.1) is 17.3 Å². The molecular weight excluding hydrogens is 258 g/mol. The third-order valence-electron chi connectivity index (χ3n) is 3.04. The Kier molecular flexibility index (Phi) is 2.96. The largest absolute Gasteiger partial charge is 0.268 e. The first-order valence-corrected chi connectivity index (χ1v) is 6.03. The fourth-order valence-electron chi connectivity index (χ4n) is 1.99. The van der Waals surface area contributed by atoms with Gasteiger partial charge in [-0.3, -0.25) is 4.68 Å². The monoisotopic (exact) mass is 268 g/mol. The molecule has 3 aromatic rings. The molecule has 0 unspecified atom stereocenters. The van der Waals surface area contributed by atoms with Crippen LogP contribution in [0.5, 0.6) is 0 Å². The van der Waals surface area contributed by atoms with Crippen molar-refractivity contribution in [3.05, 3.63) is 65.4 Å². The molecule has 0 spiro atoms. The van der Waals surface area contributed by atoms with Gasteiger partial charge in [-0.1, -0.05) is 17.9 Å². The van der Waals surface area contributed by atoms with Gasteiger partial charge >= 0.3 is 0 Å². The highest BCUT2D eigenvalue weighted by molar-refractivity contribution is 5.80. The summed E-state index contributed by atoms with van der Waals surface area (Å²) in [5.74, 6) is 4.01. The van der Waals surface area contributed by atoms with Gasteiger partial charge in [0.15, 0.2) is 0 Å². The minimum atomic E-state index is -0.653. The smallest absolute Gasteiger partial charge is 0.141 e. The Morgan fingerprint density at radius 1 is 1.05 bits per heavy atom. The van der Waals surface area contributed by atoms with Crippen molar-refractivity contribution < 1.29 is 8.78 Å². The molecule has 0 aliphatic carbocycles. The van der Waals surface area contributed by atoms with Crippen LogP contribution in [0.25, 0.3) is 10.9 Å². The Balaban J connectivity index is 2.04.